The molecule has 1 fully saturated rings. The van der Waals surface area contributed by atoms with E-state index < -0.39 is 0 Å². The molecule has 1 atom stereocenters. The Morgan fingerprint density at radius 1 is 1.56 bits per heavy atom. The lowest BCUT2D eigenvalue weighted by Gasteiger charge is -2.24. The number of ether oxygens (including phenoxy) is 1. The van der Waals surface area contributed by atoms with Crippen molar-refractivity contribution in [2.45, 2.75) is 25.8 Å². The van der Waals surface area contributed by atoms with Crippen LogP contribution in [0, 0.1) is 0 Å². The van der Waals surface area contributed by atoms with Gasteiger partial charge in [0.1, 0.15) is 6.04 Å². The maximum atomic E-state index is 11.7. The van der Waals surface area contributed by atoms with Crippen LogP contribution >= 0.6 is 0 Å². The molecular weight excluding hydrogens is 228 g/mol. The summed E-state index contributed by atoms with van der Waals surface area (Å²) in [5.74, 6) is -0.175. The number of carbonyl (C=O) groups excluding carboxylic acids is 1. The second-order valence-corrected chi connectivity index (χ2v) is 4.59. The van der Waals surface area contributed by atoms with Gasteiger partial charge in [-0.3, -0.25) is 15.1 Å². The van der Waals surface area contributed by atoms with Crippen LogP contribution in [0.25, 0.3) is 0 Å². The third-order valence-electron chi connectivity index (χ3n) is 3.48. The molecule has 0 bridgehead atoms. The van der Waals surface area contributed by atoms with E-state index in [0.29, 0.717) is 19.6 Å². The number of allylic oxidation sites excluding steroid dienone is 4. The second kappa shape index (κ2) is 4.53. The summed E-state index contributed by atoms with van der Waals surface area (Å²) >= 11 is 0. The molecule has 94 valence electrons. The first-order valence-corrected chi connectivity index (χ1v) is 6.36. The molecule has 1 unspecified atom stereocenters. The Labute approximate surface area is 106 Å². The molecule has 3 aliphatic rings. The third-order valence-corrected chi connectivity index (χ3v) is 3.48. The predicted octanol–water partition coefficient (Wildman–Crippen LogP) is 1.51. The van der Waals surface area contributed by atoms with Crippen molar-refractivity contribution in [1.82, 2.24) is 5.32 Å². The van der Waals surface area contributed by atoms with Gasteiger partial charge in [-0.2, -0.15) is 0 Å². The summed E-state index contributed by atoms with van der Waals surface area (Å²) in [6.07, 6.45) is 7.80. The first kappa shape index (κ1) is 11.4. The van der Waals surface area contributed by atoms with E-state index in [0.717, 1.165) is 17.8 Å². The molecule has 1 aliphatic carbocycles. The summed E-state index contributed by atoms with van der Waals surface area (Å²) in [4.78, 5) is 16.3. The fourth-order valence-electron chi connectivity index (χ4n) is 2.60. The zero-order valence-corrected chi connectivity index (χ0v) is 10.4. The summed E-state index contributed by atoms with van der Waals surface area (Å²) in [5, 5.41) is 3.24. The van der Waals surface area contributed by atoms with Crippen LogP contribution < -0.4 is 5.32 Å². The number of nitrogens with zero attached hydrogens (tertiary/aromatic N) is 1. The maximum Gasteiger partial charge on any atom is 0.323 e. The van der Waals surface area contributed by atoms with Crippen molar-refractivity contribution in [3.05, 3.63) is 35.1 Å². The Hall–Kier alpha value is -1.68. The van der Waals surface area contributed by atoms with E-state index in [1.807, 2.05) is 19.1 Å². The van der Waals surface area contributed by atoms with Gasteiger partial charge in [-0.25, -0.2) is 0 Å². The molecule has 0 aromatic heterocycles. The van der Waals surface area contributed by atoms with Crippen LogP contribution in [-0.2, 0) is 9.53 Å². The lowest BCUT2D eigenvalue weighted by atomic mass is 9.93. The van der Waals surface area contributed by atoms with Crippen LogP contribution in [0.2, 0.25) is 0 Å². The van der Waals surface area contributed by atoms with E-state index in [-0.39, 0.29) is 12.0 Å². The smallest absolute Gasteiger partial charge is 0.323 e. The number of carbonyl (C=O) groups is 1. The van der Waals surface area contributed by atoms with Gasteiger partial charge < -0.3 is 4.74 Å². The van der Waals surface area contributed by atoms with Crippen LogP contribution in [0.15, 0.2) is 40.1 Å². The molecule has 18 heavy (non-hydrogen) atoms. The molecular formula is C14H16N2O2. The zero-order chi connectivity index (χ0) is 12.5. The Bertz CT molecular complexity index is 512. The fourth-order valence-corrected chi connectivity index (χ4v) is 2.60. The Morgan fingerprint density at radius 3 is 3.28 bits per heavy atom. The van der Waals surface area contributed by atoms with E-state index >= 15 is 0 Å². The number of hydrogen-bond acceptors (Lipinski definition) is 4. The van der Waals surface area contributed by atoms with E-state index in [9.17, 15) is 4.79 Å². The molecule has 2 heterocycles. The topological polar surface area (TPSA) is 50.7 Å². The fraction of sp³-hybridized carbons (Fsp3) is 0.429. The van der Waals surface area contributed by atoms with Crippen molar-refractivity contribution >= 4 is 11.7 Å². The lowest BCUT2D eigenvalue weighted by Crippen LogP contribution is -2.45. The number of aliphatic imine (C=N–C) groups is 1. The van der Waals surface area contributed by atoms with Crippen LogP contribution in [-0.4, -0.2) is 30.9 Å². The number of rotatable bonds is 2. The first-order valence-electron chi connectivity index (χ1n) is 6.36. The van der Waals surface area contributed by atoms with Crippen LogP contribution in [0.4, 0.5) is 0 Å². The van der Waals surface area contributed by atoms with Gasteiger partial charge in [0.2, 0.25) is 0 Å². The highest BCUT2D eigenvalue weighted by Crippen LogP contribution is 2.33. The SMILES string of the molecule is CCOC(=O)C1CC2=NC3=CC=CCC3=C2CN1. The molecule has 0 saturated carbocycles. The molecule has 0 amide bonds. The van der Waals surface area contributed by atoms with Crippen LogP contribution in [0.3, 0.4) is 0 Å². The first-order chi connectivity index (χ1) is 8.79. The minimum Gasteiger partial charge on any atom is -0.465 e. The molecule has 4 heteroatoms. The molecule has 0 radical (unpaired) electrons. The number of hydrogen-bond donors (Lipinski definition) is 1. The molecule has 1 N–H and O–H groups in total. The summed E-state index contributed by atoms with van der Waals surface area (Å²) in [6.45, 7) is 2.96. The van der Waals surface area contributed by atoms with Crippen LogP contribution in [0.5, 0.6) is 0 Å². The minimum atomic E-state index is -0.248. The average molecular weight is 244 g/mol. The second-order valence-electron chi connectivity index (χ2n) is 4.59. The maximum absolute atomic E-state index is 11.7. The molecule has 0 aromatic rings. The van der Waals surface area contributed by atoms with Crippen molar-refractivity contribution < 1.29 is 9.53 Å². The van der Waals surface area contributed by atoms with Crippen molar-refractivity contribution in [3.8, 4) is 0 Å². The standard InChI is InChI=1S/C14H16N2O2/c1-2-18-14(17)13-7-12-10(8-15-13)9-5-3-4-6-11(9)16-12/h3-4,6,13,15H,2,5,7-8H2,1H3. The summed E-state index contributed by atoms with van der Waals surface area (Å²) < 4.78 is 5.05. The van der Waals surface area contributed by atoms with E-state index in [4.69, 9.17) is 4.74 Å². The van der Waals surface area contributed by atoms with Crippen molar-refractivity contribution in [2.75, 3.05) is 13.2 Å². The number of esters is 1. The predicted molar refractivity (Wildman–Crippen MR) is 69.3 cm³/mol. The lowest BCUT2D eigenvalue weighted by molar-refractivity contribution is -0.145. The van der Waals surface area contributed by atoms with Crippen molar-refractivity contribution in [1.29, 1.82) is 0 Å². The molecule has 3 rings (SSSR count). The van der Waals surface area contributed by atoms with Gasteiger partial charge in [0.15, 0.2) is 0 Å². The van der Waals surface area contributed by atoms with Gasteiger partial charge >= 0.3 is 5.97 Å². The molecule has 0 aromatic carbocycles. The average Bonchev–Trinajstić information content (AvgIpc) is 2.76. The zero-order valence-electron chi connectivity index (χ0n) is 10.4. The Balaban J connectivity index is 1.80. The van der Waals surface area contributed by atoms with Crippen molar-refractivity contribution in [3.63, 3.8) is 0 Å². The van der Waals surface area contributed by atoms with E-state index in [2.05, 4.69) is 16.4 Å². The third kappa shape index (κ3) is 1.82. The molecule has 0 spiro atoms. The van der Waals surface area contributed by atoms with Crippen LogP contribution in [0.1, 0.15) is 19.8 Å². The summed E-state index contributed by atoms with van der Waals surface area (Å²) in [6, 6.07) is -0.248. The molecule has 4 nitrogen and oxygen atoms in total. The molecule has 2 aliphatic heterocycles. The highest BCUT2D eigenvalue weighted by Gasteiger charge is 2.33. The summed E-state index contributed by atoms with van der Waals surface area (Å²) in [7, 11) is 0. The number of piperidine rings is 1. The Kier molecular flexibility index (Phi) is 2.88. The highest BCUT2D eigenvalue weighted by atomic mass is 16.5. The largest absolute Gasteiger partial charge is 0.465 e. The normalized spacial score (nSPS) is 25.3. The number of nitrogens with one attached hydrogen (secondary N) is 1. The van der Waals surface area contributed by atoms with Gasteiger partial charge in [-0.05, 0) is 30.6 Å². The summed E-state index contributed by atoms with van der Waals surface area (Å²) in [5.41, 5.74) is 4.69. The van der Waals surface area contributed by atoms with Gasteiger partial charge in [0.25, 0.3) is 0 Å². The highest BCUT2D eigenvalue weighted by molar-refractivity contribution is 6.08. The quantitative estimate of drug-likeness (QED) is 0.749. The molecule has 1 saturated heterocycles. The van der Waals surface area contributed by atoms with E-state index in [1.54, 1.807) is 0 Å². The van der Waals surface area contributed by atoms with Gasteiger partial charge in [-0.15, -0.1) is 0 Å². The Morgan fingerprint density at radius 2 is 2.44 bits per heavy atom. The van der Waals surface area contributed by atoms with E-state index in [1.165, 1.54) is 11.1 Å². The van der Waals surface area contributed by atoms with Gasteiger partial charge in [0.05, 0.1) is 12.3 Å². The van der Waals surface area contributed by atoms with Gasteiger partial charge in [0, 0.05) is 18.7 Å². The monoisotopic (exact) mass is 244 g/mol. The number of fused-ring (bicyclic) bond motifs is 2. The van der Waals surface area contributed by atoms with Crippen molar-refractivity contribution in [2.24, 2.45) is 4.99 Å². The van der Waals surface area contributed by atoms with Gasteiger partial charge in [-0.1, -0.05) is 12.2 Å². The minimum absolute atomic E-state index is 0.175.